The fourth-order valence-electron chi connectivity index (χ4n) is 2.95. The van der Waals surface area contributed by atoms with Crippen molar-refractivity contribution in [2.45, 2.75) is 13.0 Å². The van der Waals surface area contributed by atoms with Gasteiger partial charge in [-0.25, -0.2) is 22.5 Å². The minimum Gasteiger partial charge on any atom is -0.337 e. The van der Waals surface area contributed by atoms with E-state index in [9.17, 15) is 22.4 Å². The number of anilines is 1. The molecule has 1 amide bonds. The monoisotopic (exact) mass is 419 g/mol. The fraction of sp³-hybridized carbons (Fsp3) is 0.100. The molecule has 4 aromatic rings. The van der Waals surface area contributed by atoms with Gasteiger partial charge in [-0.2, -0.15) is 0 Å². The van der Waals surface area contributed by atoms with Crippen molar-refractivity contribution in [3.8, 4) is 0 Å². The average Bonchev–Trinajstić information content (AvgIpc) is 3.35. The summed E-state index contributed by atoms with van der Waals surface area (Å²) in [4.78, 5) is 21.4. The van der Waals surface area contributed by atoms with Crippen molar-refractivity contribution < 1.29 is 22.4 Å². The Kier molecular flexibility index (Phi) is 5.06. The molecule has 0 saturated carbocycles. The molecule has 0 bridgehead atoms. The Morgan fingerprint density at radius 3 is 2.66 bits per heavy atom. The van der Waals surface area contributed by atoms with Crippen LogP contribution in [0, 0.1) is 11.6 Å². The smallest absolute Gasteiger partial charge is 0.295 e. The lowest BCUT2D eigenvalue weighted by Crippen LogP contribution is -2.31. The number of alkyl halides is 2. The quantitative estimate of drug-likeness (QED) is 0.423. The SMILES string of the molecule is O=C(c1ccc2nc(C(F)F)[nH]c2c1)N(Cc1cccs1)c1ccc(F)cc1F. The maximum absolute atomic E-state index is 14.4. The molecule has 4 nitrogen and oxygen atoms in total. The number of imidazole rings is 1. The van der Waals surface area contributed by atoms with Gasteiger partial charge in [0.1, 0.15) is 11.6 Å². The van der Waals surface area contributed by atoms with E-state index in [1.54, 1.807) is 12.1 Å². The first-order valence-corrected chi connectivity index (χ1v) is 9.37. The van der Waals surface area contributed by atoms with Gasteiger partial charge in [0.2, 0.25) is 0 Å². The number of halogens is 4. The Balaban J connectivity index is 1.75. The van der Waals surface area contributed by atoms with Crippen molar-refractivity contribution in [1.82, 2.24) is 9.97 Å². The molecule has 2 heterocycles. The van der Waals surface area contributed by atoms with Crippen LogP contribution in [0.3, 0.4) is 0 Å². The number of hydrogen-bond acceptors (Lipinski definition) is 3. The maximum Gasteiger partial charge on any atom is 0.295 e. The molecule has 0 aliphatic rings. The van der Waals surface area contributed by atoms with Crippen LogP contribution in [0.2, 0.25) is 0 Å². The highest BCUT2D eigenvalue weighted by Gasteiger charge is 2.23. The molecular formula is C20H13F4N3OS. The molecule has 0 fully saturated rings. The van der Waals surface area contributed by atoms with E-state index in [4.69, 9.17) is 0 Å². The Labute approximate surface area is 166 Å². The number of nitrogens with one attached hydrogen (secondary N) is 1. The fourth-order valence-corrected chi connectivity index (χ4v) is 3.64. The molecule has 0 atom stereocenters. The summed E-state index contributed by atoms with van der Waals surface area (Å²) in [6, 6.07) is 10.8. The summed E-state index contributed by atoms with van der Waals surface area (Å²) in [6.45, 7) is 0.0718. The van der Waals surface area contributed by atoms with Crippen LogP contribution in [0.5, 0.6) is 0 Å². The van der Waals surface area contributed by atoms with Crippen LogP contribution < -0.4 is 4.90 Å². The summed E-state index contributed by atoms with van der Waals surface area (Å²) >= 11 is 1.39. The maximum atomic E-state index is 14.4. The predicted molar refractivity (Wildman–Crippen MR) is 102 cm³/mol. The number of carbonyl (C=O) groups is 1. The molecule has 2 aromatic heterocycles. The van der Waals surface area contributed by atoms with Gasteiger partial charge in [-0.05, 0) is 41.8 Å². The highest BCUT2D eigenvalue weighted by Crippen LogP contribution is 2.27. The number of aromatic nitrogens is 2. The van der Waals surface area contributed by atoms with Gasteiger partial charge in [-0.15, -0.1) is 11.3 Å². The zero-order valence-electron chi connectivity index (χ0n) is 14.7. The van der Waals surface area contributed by atoms with Crippen molar-refractivity contribution in [3.63, 3.8) is 0 Å². The van der Waals surface area contributed by atoms with Crippen molar-refractivity contribution in [3.05, 3.63) is 81.8 Å². The molecule has 0 unspecified atom stereocenters. The predicted octanol–water partition coefficient (Wildman–Crippen LogP) is 5.69. The van der Waals surface area contributed by atoms with Gasteiger partial charge in [-0.1, -0.05) is 6.07 Å². The molecule has 9 heteroatoms. The molecular weight excluding hydrogens is 406 g/mol. The van der Waals surface area contributed by atoms with Gasteiger partial charge in [-0.3, -0.25) is 4.79 Å². The largest absolute Gasteiger partial charge is 0.337 e. The van der Waals surface area contributed by atoms with E-state index >= 15 is 0 Å². The van der Waals surface area contributed by atoms with Gasteiger partial charge >= 0.3 is 0 Å². The first-order valence-electron chi connectivity index (χ1n) is 8.49. The molecule has 0 radical (unpaired) electrons. The third-order valence-electron chi connectivity index (χ3n) is 4.29. The molecule has 0 saturated heterocycles. The lowest BCUT2D eigenvalue weighted by molar-refractivity contribution is 0.0984. The number of H-pyrrole nitrogens is 1. The number of thiophene rings is 1. The van der Waals surface area contributed by atoms with E-state index in [1.807, 2.05) is 5.38 Å². The molecule has 148 valence electrons. The number of benzene rings is 2. The highest BCUT2D eigenvalue weighted by atomic mass is 32.1. The van der Waals surface area contributed by atoms with Crippen LogP contribution in [-0.4, -0.2) is 15.9 Å². The van der Waals surface area contributed by atoms with Gasteiger partial charge < -0.3 is 9.88 Å². The molecule has 0 aliphatic carbocycles. The van der Waals surface area contributed by atoms with Gasteiger partial charge in [0.15, 0.2) is 5.82 Å². The van der Waals surface area contributed by atoms with Crippen molar-refractivity contribution in [2.75, 3.05) is 4.90 Å². The lowest BCUT2D eigenvalue weighted by atomic mass is 10.1. The Bertz CT molecular complexity index is 1170. The summed E-state index contributed by atoms with van der Waals surface area (Å²) in [6.07, 6.45) is -2.77. The third kappa shape index (κ3) is 3.86. The number of amides is 1. The Morgan fingerprint density at radius 1 is 1.14 bits per heavy atom. The van der Waals surface area contributed by atoms with Crippen LogP contribution in [0.4, 0.5) is 23.2 Å². The average molecular weight is 419 g/mol. The molecule has 0 aliphatic heterocycles. The van der Waals surface area contributed by atoms with Gasteiger partial charge in [0, 0.05) is 16.5 Å². The van der Waals surface area contributed by atoms with Crippen molar-refractivity contribution in [1.29, 1.82) is 0 Å². The number of fused-ring (bicyclic) bond motifs is 1. The number of nitrogens with zero attached hydrogens (tertiary/aromatic N) is 2. The Morgan fingerprint density at radius 2 is 1.97 bits per heavy atom. The van der Waals surface area contributed by atoms with Crippen molar-refractivity contribution >= 4 is 34.0 Å². The molecule has 4 rings (SSSR count). The zero-order valence-corrected chi connectivity index (χ0v) is 15.5. The molecule has 0 spiro atoms. The van der Waals surface area contributed by atoms with Gasteiger partial charge in [0.05, 0.1) is 23.3 Å². The van der Waals surface area contributed by atoms with Crippen LogP contribution in [0.15, 0.2) is 53.9 Å². The van der Waals surface area contributed by atoms with E-state index in [-0.39, 0.29) is 28.8 Å². The third-order valence-corrected chi connectivity index (χ3v) is 5.15. The van der Waals surface area contributed by atoms with Crippen LogP contribution in [0.1, 0.15) is 27.5 Å². The molecule has 29 heavy (non-hydrogen) atoms. The van der Waals surface area contributed by atoms with E-state index in [0.29, 0.717) is 6.07 Å². The zero-order chi connectivity index (χ0) is 20.5. The normalized spacial score (nSPS) is 11.3. The van der Waals surface area contributed by atoms with Crippen LogP contribution in [-0.2, 0) is 6.54 Å². The van der Waals surface area contributed by atoms with E-state index < -0.39 is 29.8 Å². The second-order valence-electron chi connectivity index (χ2n) is 6.22. The van der Waals surface area contributed by atoms with E-state index in [0.717, 1.165) is 10.9 Å². The van der Waals surface area contributed by atoms with Crippen LogP contribution >= 0.6 is 11.3 Å². The molecule has 2 aromatic carbocycles. The summed E-state index contributed by atoms with van der Waals surface area (Å²) < 4.78 is 53.5. The standard InChI is InChI=1S/C20H13F4N3OS/c21-12-4-6-17(14(22)9-12)27(10-13-2-1-7-29-13)20(28)11-3-5-15-16(8-11)26-19(25-15)18(23)24/h1-9,18H,10H2,(H,25,26). The van der Waals surface area contributed by atoms with E-state index in [2.05, 4.69) is 9.97 Å². The highest BCUT2D eigenvalue weighted by molar-refractivity contribution is 7.09. The minimum atomic E-state index is -2.77. The minimum absolute atomic E-state index is 0.0718. The number of hydrogen-bond donors (Lipinski definition) is 1. The van der Waals surface area contributed by atoms with Crippen LogP contribution in [0.25, 0.3) is 11.0 Å². The van der Waals surface area contributed by atoms with E-state index in [1.165, 1.54) is 40.5 Å². The number of aromatic amines is 1. The summed E-state index contributed by atoms with van der Waals surface area (Å²) in [5.74, 6) is -2.69. The Hall–Kier alpha value is -3.20. The summed E-state index contributed by atoms with van der Waals surface area (Å²) in [5.41, 5.74) is 0.626. The lowest BCUT2D eigenvalue weighted by Gasteiger charge is -2.23. The summed E-state index contributed by atoms with van der Waals surface area (Å²) in [7, 11) is 0. The van der Waals surface area contributed by atoms with Gasteiger partial charge in [0.25, 0.3) is 12.3 Å². The number of rotatable bonds is 5. The summed E-state index contributed by atoms with van der Waals surface area (Å²) in [5, 5.41) is 1.82. The first-order chi connectivity index (χ1) is 13.9. The first kappa shape index (κ1) is 19.1. The number of carbonyl (C=O) groups excluding carboxylic acids is 1. The second-order valence-corrected chi connectivity index (χ2v) is 7.25. The molecule has 1 N–H and O–H groups in total. The van der Waals surface area contributed by atoms with Crippen molar-refractivity contribution in [2.24, 2.45) is 0 Å². The second kappa shape index (κ2) is 7.67. The topological polar surface area (TPSA) is 49.0 Å².